The van der Waals surface area contributed by atoms with E-state index in [4.69, 9.17) is 0 Å². The molecule has 290 valence electrons. The molecule has 2 heterocycles. The van der Waals surface area contributed by atoms with Gasteiger partial charge in [0.2, 0.25) is 5.69 Å². The van der Waals surface area contributed by atoms with E-state index in [2.05, 4.69) is 0 Å². The van der Waals surface area contributed by atoms with Crippen LogP contribution < -0.4 is 64.0 Å². The van der Waals surface area contributed by atoms with Gasteiger partial charge in [0.05, 0.1) is 30.5 Å². The Morgan fingerprint density at radius 3 is 2.11 bits per heavy atom. The van der Waals surface area contributed by atoms with Crippen molar-refractivity contribution < 1.29 is 113 Å². The fraction of sp³-hybridized carbons (Fsp3) is 0.368. The van der Waals surface area contributed by atoms with E-state index in [9.17, 15) is 48.8 Å². The first-order valence-electron chi connectivity index (χ1n) is 17.2. The Morgan fingerprint density at radius 1 is 0.821 bits per heavy atom. The van der Waals surface area contributed by atoms with E-state index in [-0.39, 0.29) is 96.4 Å². The number of hydrogen-bond donors (Lipinski definition) is 1. The summed E-state index contributed by atoms with van der Waals surface area (Å²) in [5, 5.41) is 10.5. The Bertz CT molecular complexity index is 2470. The number of aryl methyl sites for hydroxylation is 1. The maximum Gasteiger partial charge on any atom is 1.00 e. The van der Waals surface area contributed by atoms with Crippen LogP contribution in [0.5, 0.6) is 0 Å². The van der Waals surface area contributed by atoms with Gasteiger partial charge in [0.15, 0.2) is 5.71 Å². The van der Waals surface area contributed by atoms with Crippen LogP contribution in [-0.2, 0) is 52.4 Å². The summed E-state index contributed by atoms with van der Waals surface area (Å²) in [6.45, 7) is 8.45. The average Bonchev–Trinajstić information content (AvgIpc) is 3.40. The Morgan fingerprint density at radius 2 is 1.48 bits per heavy atom. The smallest absolute Gasteiger partial charge is 0.748 e. The first kappa shape index (κ1) is 48.2. The van der Waals surface area contributed by atoms with Gasteiger partial charge in [-0.3, -0.25) is 4.79 Å². The zero-order chi connectivity index (χ0) is 39.9. The van der Waals surface area contributed by atoms with Crippen LogP contribution in [0.15, 0.2) is 89.5 Å². The van der Waals surface area contributed by atoms with Gasteiger partial charge < -0.3 is 23.7 Å². The van der Waals surface area contributed by atoms with Crippen molar-refractivity contribution >= 4 is 64.2 Å². The molecule has 56 heavy (non-hydrogen) atoms. The van der Waals surface area contributed by atoms with Gasteiger partial charge in [0.1, 0.15) is 16.7 Å². The number of carboxylic acids is 1. The van der Waals surface area contributed by atoms with E-state index in [0.29, 0.717) is 17.2 Å². The third-order valence-electron chi connectivity index (χ3n) is 9.97. The second-order valence-electron chi connectivity index (χ2n) is 14.5. The van der Waals surface area contributed by atoms with E-state index >= 15 is 0 Å². The minimum absolute atomic E-state index is 0. The molecule has 0 spiro atoms. The van der Waals surface area contributed by atoms with Crippen molar-refractivity contribution in [2.24, 2.45) is 0 Å². The first-order chi connectivity index (χ1) is 25.0. The molecule has 0 aliphatic carbocycles. The molecule has 0 radical (unpaired) electrons. The molecule has 0 bridgehead atoms. The van der Waals surface area contributed by atoms with E-state index in [1.807, 2.05) is 79.7 Å². The van der Waals surface area contributed by atoms with Gasteiger partial charge in [-0.2, -0.15) is 4.58 Å². The number of rotatable bonds is 15. The van der Waals surface area contributed by atoms with Crippen molar-refractivity contribution in [2.45, 2.75) is 69.1 Å². The molecule has 0 atom stereocenters. The Labute approximate surface area is 373 Å². The maximum absolute atomic E-state index is 11.7. The summed E-state index contributed by atoms with van der Waals surface area (Å²) in [5.41, 5.74) is 4.60. The number of benzene rings is 3. The molecule has 13 nitrogen and oxygen atoms in total. The van der Waals surface area contributed by atoms with Crippen LogP contribution in [0.1, 0.15) is 63.6 Å². The van der Waals surface area contributed by atoms with E-state index in [1.165, 1.54) is 12.1 Å². The van der Waals surface area contributed by atoms with Crippen LogP contribution in [-0.4, -0.2) is 84.9 Å². The SMILES string of the molecule is CC1(C)C(/C=C/C=C/C=C2/N(CCCS(=O)(=O)[O-])c3ccc(CCC(=O)O)cc3C2(C)C)=[N+](CCCS(=O)(=O)[O-])c2ccc3cc(S(=O)(=O)[O-])ccc3c21.[Na+].[Na+]. The number of anilines is 1. The molecule has 1 N–H and O–H groups in total. The van der Waals surface area contributed by atoms with Gasteiger partial charge in [-0.1, -0.05) is 50.3 Å². The van der Waals surface area contributed by atoms with Gasteiger partial charge in [0, 0.05) is 65.4 Å². The summed E-state index contributed by atoms with van der Waals surface area (Å²) in [7, 11) is -13.6. The fourth-order valence-corrected chi connectivity index (χ4v) is 8.97. The van der Waals surface area contributed by atoms with Gasteiger partial charge in [-0.05, 0) is 78.9 Å². The molecule has 0 saturated heterocycles. The maximum atomic E-state index is 11.7. The monoisotopic (exact) mass is 844 g/mol. The minimum Gasteiger partial charge on any atom is -0.748 e. The fourth-order valence-electron chi connectivity index (χ4n) is 7.49. The van der Waals surface area contributed by atoms with E-state index in [0.717, 1.165) is 39.5 Å². The summed E-state index contributed by atoms with van der Waals surface area (Å²) in [5.74, 6) is -1.99. The normalized spacial score (nSPS) is 17.1. The van der Waals surface area contributed by atoms with Crippen LogP contribution in [0.4, 0.5) is 11.4 Å². The molecular weight excluding hydrogens is 803 g/mol. The number of hydrogen-bond acceptors (Lipinski definition) is 11. The van der Waals surface area contributed by atoms with Crippen molar-refractivity contribution in [1.29, 1.82) is 0 Å². The van der Waals surface area contributed by atoms with Gasteiger partial charge in [-0.15, -0.1) is 0 Å². The van der Waals surface area contributed by atoms with Gasteiger partial charge >= 0.3 is 65.1 Å². The third kappa shape index (κ3) is 11.1. The van der Waals surface area contributed by atoms with E-state index in [1.54, 1.807) is 24.3 Å². The number of aliphatic carboxylic acids is 1. The molecule has 18 heteroatoms. The van der Waals surface area contributed by atoms with Crippen LogP contribution in [0.25, 0.3) is 10.8 Å². The molecule has 0 amide bonds. The molecule has 3 aromatic carbocycles. The number of carbonyl (C=O) groups is 1. The zero-order valence-electron chi connectivity index (χ0n) is 32.3. The van der Waals surface area contributed by atoms with Crippen molar-refractivity contribution in [2.75, 3.05) is 29.5 Å². The molecular formula is C38H42N2Na2O11S3. The second kappa shape index (κ2) is 18.4. The summed E-state index contributed by atoms with van der Waals surface area (Å²) >= 11 is 0. The second-order valence-corrected chi connectivity index (χ2v) is 18.9. The summed E-state index contributed by atoms with van der Waals surface area (Å²) in [4.78, 5) is 12.8. The molecule has 2 aliphatic rings. The molecule has 5 rings (SSSR count). The first-order valence-corrected chi connectivity index (χ1v) is 21.8. The van der Waals surface area contributed by atoms with Crippen molar-refractivity contribution in [3.63, 3.8) is 0 Å². The molecule has 3 aromatic rings. The summed E-state index contributed by atoms with van der Waals surface area (Å²) in [6, 6.07) is 13.4. The van der Waals surface area contributed by atoms with Gasteiger partial charge in [-0.25, -0.2) is 25.3 Å². The topological polar surface area (TPSA) is 215 Å². The number of allylic oxidation sites excluding steroid dienone is 6. The number of carboxylic acid groups (broad SMARTS) is 1. The zero-order valence-corrected chi connectivity index (χ0v) is 38.8. The van der Waals surface area contributed by atoms with Crippen LogP contribution in [0.3, 0.4) is 0 Å². The largest absolute Gasteiger partial charge is 1.00 e. The third-order valence-corrected chi connectivity index (χ3v) is 12.4. The van der Waals surface area contributed by atoms with Crippen molar-refractivity contribution in [1.82, 2.24) is 0 Å². The number of fused-ring (bicyclic) bond motifs is 4. The van der Waals surface area contributed by atoms with Crippen LogP contribution in [0, 0.1) is 0 Å². The Balaban J connectivity index is 0.00000420. The molecule has 2 aliphatic heterocycles. The molecule has 0 aromatic heterocycles. The quantitative estimate of drug-likeness (QED) is 0.0828. The Kier molecular flexibility index (Phi) is 15.8. The standard InChI is InChI=1S/C38H44N2O11S3.2Na/c1-37(2)30-24-26(13-19-35(41)42)12-17-31(30)39(20-8-22-52(43,44)45)33(37)10-6-5-7-11-34-38(3,4)36-29-16-15-28(54(49,50)51)25-27(29)14-18-32(36)40(34)21-9-23-53(46,47)48;;/h5-7,10-12,14-18,24-25H,8-9,13,19-23H2,1-4H3,(H3-,41,42,43,44,45,46,47,48,49,50,51);;/q;2*+1/p-2. The van der Waals surface area contributed by atoms with Crippen molar-refractivity contribution in [3.05, 3.63) is 101 Å². The van der Waals surface area contributed by atoms with Crippen LogP contribution >= 0.6 is 0 Å². The predicted octanol–water partition coefficient (Wildman–Crippen LogP) is -1.19. The summed E-state index contributed by atoms with van der Waals surface area (Å²) in [6.07, 6.45) is 9.70. The minimum atomic E-state index is -4.69. The average molecular weight is 845 g/mol. The summed E-state index contributed by atoms with van der Waals surface area (Å²) < 4.78 is 106. The van der Waals surface area contributed by atoms with Crippen molar-refractivity contribution in [3.8, 4) is 0 Å². The molecule has 0 fully saturated rings. The number of nitrogens with zero attached hydrogens (tertiary/aromatic N) is 2. The molecule has 0 unspecified atom stereocenters. The Hall–Kier alpha value is -2.19. The van der Waals surface area contributed by atoms with Crippen LogP contribution in [0.2, 0.25) is 0 Å². The molecule has 0 saturated carbocycles. The predicted molar refractivity (Wildman–Crippen MR) is 202 cm³/mol. The van der Waals surface area contributed by atoms with E-state index < -0.39 is 58.7 Å². The van der Waals surface area contributed by atoms with Gasteiger partial charge in [0.25, 0.3) is 0 Å².